The second kappa shape index (κ2) is 6.34. The Labute approximate surface area is 117 Å². The molecule has 1 aromatic heterocycles. The molecule has 0 amide bonds. The summed E-state index contributed by atoms with van der Waals surface area (Å²) < 4.78 is 5.29. The molecule has 0 fully saturated rings. The SMILES string of the molecule is CCc1cnc(Cl)cc1C(=O)OCc1ccccc1. The number of aryl methyl sites for hydroxylation is 1. The first-order valence-electron chi connectivity index (χ1n) is 6.06. The van der Waals surface area contributed by atoms with Gasteiger partial charge in [-0.05, 0) is 23.6 Å². The van der Waals surface area contributed by atoms with Crippen LogP contribution in [0.4, 0.5) is 0 Å². The van der Waals surface area contributed by atoms with E-state index in [1.807, 2.05) is 37.3 Å². The average molecular weight is 276 g/mol. The minimum Gasteiger partial charge on any atom is -0.457 e. The van der Waals surface area contributed by atoms with Crippen molar-refractivity contribution >= 4 is 17.6 Å². The third-order valence-electron chi connectivity index (χ3n) is 2.77. The van der Waals surface area contributed by atoms with E-state index in [1.54, 1.807) is 12.3 Å². The van der Waals surface area contributed by atoms with Crippen molar-refractivity contribution in [2.24, 2.45) is 0 Å². The zero-order valence-electron chi connectivity index (χ0n) is 10.6. The molecule has 1 heterocycles. The number of nitrogens with zero attached hydrogens (tertiary/aromatic N) is 1. The van der Waals surface area contributed by atoms with Crippen LogP contribution in [0.1, 0.15) is 28.4 Å². The Morgan fingerprint density at radius 2 is 2.05 bits per heavy atom. The van der Waals surface area contributed by atoms with Crippen LogP contribution in [-0.4, -0.2) is 11.0 Å². The summed E-state index contributed by atoms with van der Waals surface area (Å²) in [6, 6.07) is 11.1. The number of esters is 1. The highest BCUT2D eigenvalue weighted by molar-refractivity contribution is 6.29. The predicted molar refractivity (Wildman–Crippen MR) is 74.2 cm³/mol. The molecule has 0 bridgehead atoms. The van der Waals surface area contributed by atoms with Crippen LogP contribution in [0.25, 0.3) is 0 Å². The first kappa shape index (κ1) is 13.6. The Kier molecular flexibility index (Phi) is 4.53. The topological polar surface area (TPSA) is 39.2 Å². The van der Waals surface area contributed by atoms with Gasteiger partial charge in [0.2, 0.25) is 0 Å². The molecule has 98 valence electrons. The van der Waals surface area contributed by atoms with Gasteiger partial charge >= 0.3 is 5.97 Å². The van der Waals surface area contributed by atoms with Crippen LogP contribution in [0, 0.1) is 0 Å². The van der Waals surface area contributed by atoms with Crippen LogP contribution < -0.4 is 0 Å². The number of halogens is 1. The normalized spacial score (nSPS) is 10.2. The molecule has 3 nitrogen and oxygen atoms in total. The molecule has 0 atom stereocenters. The first-order chi connectivity index (χ1) is 9.20. The standard InChI is InChI=1S/C15H14ClNO2/c1-2-12-9-17-14(16)8-13(12)15(18)19-10-11-6-4-3-5-7-11/h3-9H,2,10H2,1H3. The molecule has 0 saturated heterocycles. The molecule has 4 heteroatoms. The van der Waals surface area contributed by atoms with Crippen LogP contribution in [0.5, 0.6) is 0 Å². The monoisotopic (exact) mass is 275 g/mol. The summed E-state index contributed by atoms with van der Waals surface area (Å²) in [4.78, 5) is 16.0. The largest absolute Gasteiger partial charge is 0.457 e. The van der Waals surface area contributed by atoms with Crippen molar-refractivity contribution < 1.29 is 9.53 Å². The number of carbonyl (C=O) groups excluding carboxylic acids is 1. The molecule has 0 unspecified atom stereocenters. The smallest absolute Gasteiger partial charge is 0.338 e. The minimum absolute atomic E-state index is 0.253. The van der Waals surface area contributed by atoms with Gasteiger partial charge in [0, 0.05) is 6.20 Å². The molecule has 0 aliphatic rings. The lowest BCUT2D eigenvalue weighted by atomic mass is 10.1. The summed E-state index contributed by atoms with van der Waals surface area (Å²) in [6.07, 6.45) is 2.32. The van der Waals surface area contributed by atoms with Gasteiger partial charge in [-0.15, -0.1) is 0 Å². The van der Waals surface area contributed by atoms with E-state index in [4.69, 9.17) is 16.3 Å². The molecular formula is C15H14ClNO2. The summed E-state index contributed by atoms with van der Waals surface area (Å²) >= 11 is 5.82. The van der Waals surface area contributed by atoms with Crippen molar-refractivity contribution in [3.63, 3.8) is 0 Å². The van der Waals surface area contributed by atoms with Gasteiger partial charge < -0.3 is 4.74 Å². The fourth-order valence-electron chi connectivity index (χ4n) is 1.73. The second-order valence-corrected chi connectivity index (χ2v) is 4.47. The fourth-order valence-corrected chi connectivity index (χ4v) is 1.89. The molecule has 0 aliphatic heterocycles. The van der Waals surface area contributed by atoms with E-state index in [0.717, 1.165) is 11.1 Å². The summed E-state index contributed by atoms with van der Waals surface area (Å²) in [6.45, 7) is 2.21. The van der Waals surface area contributed by atoms with Crippen molar-refractivity contribution in [1.29, 1.82) is 0 Å². The van der Waals surface area contributed by atoms with Crippen LogP contribution in [-0.2, 0) is 17.8 Å². The quantitative estimate of drug-likeness (QED) is 0.631. The number of benzene rings is 1. The van der Waals surface area contributed by atoms with Crippen molar-refractivity contribution in [1.82, 2.24) is 4.98 Å². The number of ether oxygens (including phenoxy) is 1. The third-order valence-corrected chi connectivity index (χ3v) is 2.97. The van der Waals surface area contributed by atoms with E-state index in [2.05, 4.69) is 4.98 Å². The number of hydrogen-bond acceptors (Lipinski definition) is 3. The first-order valence-corrected chi connectivity index (χ1v) is 6.44. The molecule has 0 spiro atoms. The van der Waals surface area contributed by atoms with Gasteiger partial charge in [-0.2, -0.15) is 0 Å². The zero-order valence-corrected chi connectivity index (χ0v) is 11.4. The highest BCUT2D eigenvalue weighted by atomic mass is 35.5. The van der Waals surface area contributed by atoms with E-state index in [1.165, 1.54) is 0 Å². The maximum Gasteiger partial charge on any atom is 0.338 e. The van der Waals surface area contributed by atoms with Gasteiger partial charge in [0.05, 0.1) is 5.56 Å². The van der Waals surface area contributed by atoms with Crippen molar-refractivity contribution in [2.75, 3.05) is 0 Å². The van der Waals surface area contributed by atoms with Gasteiger partial charge in [-0.1, -0.05) is 48.9 Å². The van der Waals surface area contributed by atoms with Crippen LogP contribution >= 0.6 is 11.6 Å². The van der Waals surface area contributed by atoms with E-state index < -0.39 is 0 Å². The molecule has 19 heavy (non-hydrogen) atoms. The van der Waals surface area contributed by atoms with Gasteiger partial charge in [0.25, 0.3) is 0 Å². The van der Waals surface area contributed by atoms with Crippen LogP contribution in [0.3, 0.4) is 0 Å². The Balaban J connectivity index is 2.10. The van der Waals surface area contributed by atoms with Crippen molar-refractivity contribution in [2.45, 2.75) is 20.0 Å². The Morgan fingerprint density at radius 3 is 2.74 bits per heavy atom. The average Bonchev–Trinajstić information content (AvgIpc) is 2.46. The predicted octanol–water partition coefficient (Wildman–Crippen LogP) is 3.65. The number of aromatic nitrogens is 1. The van der Waals surface area contributed by atoms with Gasteiger partial charge in [0.15, 0.2) is 0 Å². The van der Waals surface area contributed by atoms with Gasteiger partial charge in [-0.3, -0.25) is 0 Å². The number of carbonyl (C=O) groups is 1. The maximum atomic E-state index is 12.0. The molecule has 2 aromatic rings. The highest BCUT2D eigenvalue weighted by Gasteiger charge is 2.13. The maximum absolute atomic E-state index is 12.0. The fraction of sp³-hybridized carbons (Fsp3) is 0.200. The van der Waals surface area contributed by atoms with E-state index in [9.17, 15) is 4.79 Å². The summed E-state index contributed by atoms with van der Waals surface area (Å²) in [7, 11) is 0. The lowest BCUT2D eigenvalue weighted by molar-refractivity contribution is 0.0471. The van der Waals surface area contributed by atoms with E-state index in [-0.39, 0.29) is 12.6 Å². The molecule has 0 aliphatic carbocycles. The Bertz CT molecular complexity index is 570. The molecule has 0 N–H and O–H groups in total. The highest BCUT2D eigenvalue weighted by Crippen LogP contribution is 2.15. The zero-order chi connectivity index (χ0) is 13.7. The molecule has 0 saturated carbocycles. The Hall–Kier alpha value is -1.87. The Morgan fingerprint density at radius 1 is 1.32 bits per heavy atom. The lowest BCUT2D eigenvalue weighted by Crippen LogP contribution is -2.08. The van der Waals surface area contributed by atoms with Crippen molar-refractivity contribution in [3.8, 4) is 0 Å². The van der Waals surface area contributed by atoms with Gasteiger partial charge in [-0.25, -0.2) is 9.78 Å². The minimum atomic E-state index is -0.370. The third kappa shape index (κ3) is 3.55. The molecule has 1 aromatic carbocycles. The summed E-state index contributed by atoms with van der Waals surface area (Å²) in [5.74, 6) is -0.370. The molecule has 0 radical (unpaired) electrons. The second-order valence-electron chi connectivity index (χ2n) is 4.08. The molecular weight excluding hydrogens is 262 g/mol. The number of hydrogen-bond donors (Lipinski definition) is 0. The summed E-state index contributed by atoms with van der Waals surface area (Å²) in [5.41, 5.74) is 2.27. The van der Waals surface area contributed by atoms with Gasteiger partial charge in [0.1, 0.15) is 11.8 Å². The molecule has 2 rings (SSSR count). The van der Waals surface area contributed by atoms with Crippen LogP contribution in [0.15, 0.2) is 42.6 Å². The van der Waals surface area contributed by atoms with Crippen LogP contribution in [0.2, 0.25) is 5.15 Å². The number of pyridine rings is 1. The lowest BCUT2D eigenvalue weighted by Gasteiger charge is -2.08. The summed E-state index contributed by atoms with van der Waals surface area (Å²) in [5, 5.41) is 0.295. The van der Waals surface area contributed by atoms with E-state index in [0.29, 0.717) is 17.1 Å². The number of rotatable bonds is 4. The van der Waals surface area contributed by atoms with E-state index >= 15 is 0 Å². The van der Waals surface area contributed by atoms with Crippen molar-refractivity contribution in [3.05, 3.63) is 64.4 Å².